The molecule has 0 aromatic heterocycles. The fourth-order valence-corrected chi connectivity index (χ4v) is 2.97. The average Bonchev–Trinajstić information content (AvgIpc) is 2.44. The van der Waals surface area contributed by atoms with Crippen LogP contribution in [0, 0.1) is 0 Å². The lowest BCUT2D eigenvalue weighted by atomic mass is 10.2. The van der Waals surface area contributed by atoms with E-state index in [0.717, 1.165) is 0 Å². The third-order valence-corrected chi connectivity index (χ3v) is 5.05. The molecule has 0 bridgehead atoms. The van der Waals surface area contributed by atoms with Gasteiger partial charge in [0.2, 0.25) is 0 Å². The van der Waals surface area contributed by atoms with Crippen LogP contribution in [0.3, 0.4) is 0 Å². The van der Waals surface area contributed by atoms with Crippen LogP contribution in [0.5, 0.6) is 11.5 Å². The van der Waals surface area contributed by atoms with E-state index >= 15 is 0 Å². The highest BCUT2D eigenvalue weighted by molar-refractivity contribution is 9.10. The molecule has 0 aliphatic rings. The summed E-state index contributed by atoms with van der Waals surface area (Å²) in [5.74, 6) is 1.12. The van der Waals surface area contributed by atoms with Crippen molar-refractivity contribution in [1.29, 1.82) is 0 Å². The molecule has 1 aromatic rings. The van der Waals surface area contributed by atoms with Crippen molar-refractivity contribution in [3.63, 3.8) is 0 Å². The summed E-state index contributed by atoms with van der Waals surface area (Å²) in [5.41, 5.74) is 0.467. The Bertz CT molecular complexity index is 568. The number of aldehydes is 1. The molecule has 0 fully saturated rings. The first-order valence-corrected chi connectivity index (χ1v) is 8.71. The van der Waals surface area contributed by atoms with E-state index < -0.39 is 9.84 Å². The monoisotopic (exact) mass is 364 g/mol. The summed E-state index contributed by atoms with van der Waals surface area (Å²) in [6.07, 6.45) is 1.12. The highest BCUT2D eigenvalue weighted by Crippen LogP contribution is 2.36. The lowest BCUT2D eigenvalue weighted by Gasteiger charge is -2.13. The van der Waals surface area contributed by atoms with Gasteiger partial charge in [-0.25, -0.2) is 8.42 Å². The van der Waals surface area contributed by atoms with E-state index in [4.69, 9.17) is 9.47 Å². The molecule has 0 saturated carbocycles. The lowest BCUT2D eigenvalue weighted by molar-refractivity contribution is 0.112. The molecule has 112 valence electrons. The van der Waals surface area contributed by atoms with Crippen molar-refractivity contribution >= 4 is 32.1 Å². The Hall–Kier alpha value is -1.08. The lowest BCUT2D eigenvalue weighted by Crippen LogP contribution is -2.12. The molecule has 0 saturated heterocycles. The molecule has 1 rings (SSSR count). The summed E-state index contributed by atoms with van der Waals surface area (Å²) in [6, 6.07) is 3.18. The van der Waals surface area contributed by atoms with E-state index in [1.807, 2.05) is 0 Å². The summed E-state index contributed by atoms with van der Waals surface area (Å²) in [4.78, 5) is 10.8. The minimum Gasteiger partial charge on any atom is -0.493 e. The number of hydrogen-bond donors (Lipinski definition) is 0. The Labute approximate surface area is 127 Å². The van der Waals surface area contributed by atoms with Gasteiger partial charge >= 0.3 is 0 Å². The standard InChI is InChI=1S/C13H17BrO5S/c1-3-20(16,17)6-4-5-19-13-11(14)7-10(9-15)8-12(13)18-2/h7-9H,3-6H2,1-2H3. The number of sulfone groups is 1. The van der Waals surface area contributed by atoms with Crippen LogP contribution >= 0.6 is 15.9 Å². The van der Waals surface area contributed by atoms with Gasteiger partial charge in [0, 0.05) is 11.3 Å². The predicted octanol–water partition coefficient (Wildman–Crippen LogP) is 2.47. The maximum Gasteiger partial charge on any atom is 0.175 e. The van der Waals surface area contributed by atoms with E-state index in [0.29, 0.717) is 34.2 Å². The number of hydrogen-bond acceptors (Lipinski definition) is 5. The molecule has 7 heteroatoms. The Morgan fingerprint density at radius 1 is 1.35 bits per heavy atom. The summed E-state index contributed by atoms with van der Waals surface area (Å²) >= 11 is 3.30. The first-order valence-electron chi connectivity index (χ1n) is 6.09. The summed E-state index contributed by atoms with van der Waals surface area (Å²) in [7, 11) is -1.50. The summed E-state index contributed by atoms with van der Waals surface area (Å²) in [5, 5.41) is 0. The number of carbonyl (C=O) groups is 1. The number of rotatable bonds is 8. The van der Waals surface area contributed by atoms with Crippen LogP contribution < -0.4 is 9.47 Å². The third-order valence-electron chi connectivity index (χ3n) is 2.67. The van der Waals surface area contributed by atoms with Crippen molar-refractivity contribution in [1.82, 2.24) is 0 Å². The van der Waals surface area contributed by atoms with Gasteiger partial charge in [-0.15, -0.1) is 0 Å². The van der Waals surface area contributed by atoms with Crippen molar-refractivity contribution in [2.75, 3.05) is 25.2 Å². The molecular weight excluding hydrogens is 348 g/mol. The van der Waals surface area contributed by atoms with E-state index in [1.54, 1.807) is 19.1 Å². The molecule has 0 spiro atoms. The van der Waals surface area contributed by atoms with Crippen molar-refractivity contribution in [2.24, 2.45) is 0 Å². The Balaban J connectivity index is 2.71. The first kappa shape index (κ1) is 17.0. The maximum atomic E-state index is 11.4. The van der Waals surface area contributed by atoms with Gasteiger partial charge in [-0.1, -0.05) is 6.92 Å². The molecule has 0 radical (unpaired) electrons. The average molecular weight is 365 g/mol. The van der Waals surface area contributed by atoms with Gasteiger partial charge in [0.25, 0.3) is 0 Å². The van der Waals surface area contributed by atoms with Crippen molar-refractivity contribution in [3.05, 3.63) is 22.2 Å². The molecule has 0 N–H and O–H groups in total. The number of methoxy groups -OCH3 is 1. The van der Waals surface area contributed by atoms with Crippen molar-refractivity contribution < 1.29 is 22.7 Å². The third kappa shape index (κ3) is 4.79. The number of ether oxygens (including phenoxy) is 2. The van der Waals surface area contributed by atoms with Crippen LogP contribution in [0.4, 0.5) is 0 Å². The quantitative estimate of drug-likeness (QED) is 0.523. The van der Waals surface area contributed by atoms with Crippen LogP contribution in [0.2, 0.25) is 0 Å². The smallest absolute Gasteiger partial charge is 0.175 e. The van der Waals surface area contributed by atoms with Gasteiger partial charge in [0.1, 0.15) is 16.1 Å². The van der Waals surface area contributed by atoms with E-state index in [1.165, 1.54) is 7.11 Å². The fraction of sp³-hybridized carbons (Fsp3) is 0.462. The molecule has 0 aliphatic carbocycles. The minimum absolute atomic E-state index is 0.0931. The van der Waals surface area contributed by atoms with Crippen molar-refractivity contribution in [3.8, 4) is 11.5 Å². The van der Waals surface area contributed by atoms with Gasteiger partial charge in [-0.3, -0.25) is 4.79 Å². The zero-order valence-corrected chi connectivity index (χ0v) is 13.8. The molecule has 5 nitrogen and oxygen atoms in total. The van der Waals surface area contributed by atoms with Gasteiger partial charge in [0.05, 0.1) is 23.9 Å². The number of benzene rings is 1. The van der Waals surface area contributed by atoms with Gasteiger partial charge in [-0.2, -0.15) is 0 Å². The normalized spacial score (nSPS) is 11.2. The zero-order valence-electron chi connectivity index (χ0n) is 11.4. The molecule has 20 heavy (non-hydrogen) atoms. The fourth-order valence-electron chi connectivity index (χ4n) is 1.55. The van der Waals surface area contributed by atoms with E-state index in [-0.39, 0.29) is 18.1 Å². The molecule has 0 unspecified atom stereocenters. The Morgan fingerprint density at radius 2 is 2.05 bits per heavy atom. The second-order valence-corrected chi connectivity index (χ2v) is 7.42. The molecule has 0 amide bonds. The van der Waals surface area contributed by atoms with Crippen molar-refractivity contribution in [2.45, 2.75) is 13.3 Å². The topological polar surface area (TPSA) is 69.7 Å². The minimum atomic E-state index is -2.98. The van der Waals surface area contributed by atoms with Crippen LogP contribution in [0.15, 0.2) is 16.6 Å². The van der Waals surface area contributed by atoms with Crippen LogP contribution in [0.25, 0.3) is 0 Å². The van der Waals surface area contributed by atoms with Gasteiger partial charge in [-0.05, 0) is 34.5 Å². The van der Waals surface area contributed by atoms with E-state index in [9.17, 15) is 13.2 Å². The maximum absolute atomic E-state index is 11.4. The number of carbonyl (C=O) groups excluding carboxylic acids is 1. The molecule has 0 heterocycles. The highest BCUT2D eigenvalue weighted by atomic mass is 79.9. The molecule has 0 aliphatic heterocycles. The highest BCUT2D eigenvalue weighted by Gasteiger charge is 2.12. The second-order valence-electron chi connectivity index (χ2n) is 4.09. The Kier molecular flexibility index (Phi) is 6.48. The number of halogens is 1. The van der Waals surface area contributed by atoms with Crippen LogP contribution in [-0.4, -0.2) is 39.9 Å². The Morgan fingerprint density at radius 3 is 2.60 bits per heavy atom. The summed E-state index contributed by atoms with van der Waals surface area (Å²) < 4.78 is 34.0. The molecular formula is C13H17BrO5S. The van der Waals surface area contributed by atoms with Crippen LogP contribution in [0.1, 0.15) is 23.7 Å². The molecule has 1 aromatic carbocycles. The first-order chi connectivity index (χ1) is 9.43. The molecule has 0 atom stereocenters. The van der Waals surface area contributed by atoms with E-state index in [2.05, 4.69) is 15.9 Å². The van der Waals surface area contributed by atoms with Crippen LogP contribution in [-0.2, 0) is 9.84 Å². The zero-order chi connectivity index (χ0) is 15.2. The largest absolute Gasteiger partial charge is 0.493 e. The van der Waals surface area contributed by atoms with Gasteiger partial charge in [0.15, 0.2) is 11.5 Å². The second kappa shape index (κ2) is 7.64. The van der Waals surface area contributed by atoms with Gasteiger partial charge < -0.3 is 9.47 Å². The predicted molar refractivity (Wildman–Crippen MR) is 80.5 cm³/mol. The SMILES string of the molecule is CCS(=O)(=O)CCCOc1c(Br)cc(C=O)cc1OC. The summed E-state index contributed by atoms with van der Waals surface area (Å²) in [6.45, 7) is 1.88.